The second-order valence-corrected chi connectivity index (χ2v) is 4.91. The third-order valence-electron chi connectivity index (χ3n) is 3.48. The van der Waals surface area contributed by atoms with Gasteiger partial charge in [0, 0.05) is 19.2 Å². The molecule has 1 aromatic heterocycles. The van der Waals surface area contributed by atoms with Crippen molar-refractivity contribution in [1.82, 2.24) is 9.88 Å². The molecule has 1 aromatic rings. The van der Waals surface area contributed by atoms with Gasteiger partial charge in [-0.3, -0.25) is 9.59 Å². The highest BCUT2D eigenvalue weighted by Gasteiger charge is 2.30. The molecule has 1 atom stereocenters. The predicted molar refractivity (Wildman–Crippen MR) is 76.0 cm³/mol. The summed E-state index contributed by atoms with van der Waals surface area (Å²) < 4.78 is 10.1. The fraction of sp³-hybridized carbons (Fsp3) is 0.533. The third kappa shape index (κ3) is 3.71. The van der Waals surface area contributed by atoms with Crippen molar-refractivity contribution in [3.8, 4) is 5.88 Å². The fourth-order valence-electron chi connectivity index (χ4n) is 2.42. The van der Waals surface area contributed by atoms with Gasteiger partial charge in [0.15, 0.2) is 0 Å². The summed E-state index contributed by atoms with van der Waals surface area (Å²) >= 11 is 0. The molecule has 1 unspecified atom stereocenters. The first-order chi connectivity index (χ1) is 10.2. The summed E-state index contributed by atoms with van der Waals surface area (Å²) in [4.78, 5) is 30.1. The van der Waals surface area contributed by atoms with Crippen molar-refractivity contribution in [2.45, 2.75) is 19.8 Å². The fourth-order valence-corrected chi connectivity index (χ4v) is 2.42. The lowest BCUT2D eigenvalue weighted by Gasteiger charge is -2.31. The summed E-state index contributed by atoms with van der Waals surface area (Å²) in [5.74, 6) is -0.246. The monoisotopic (exact) mass is 292 g/mol. The van der Waals surface area contributed by atoms with E-state index in [-0.39, 0.29) is 17.8 Å². The van der Waals surface area contributed by atoms with Crippen LogP contribution in [-0.4, -0.2) is 48.6 Å². The Morgan fingerprint density at radius 3 is 2.95 bits per heavy atom. The van der Waals surface area contributed by atoms with Crippen LogP contribution < -0.4 is 4.74 Å². The number of hydrogen-bond donors (Lipinski definition) is 0. The molecular formula is C15H20N2O4. The molecule has 0 radical (unpaired) electrons. The van der Waals surface area contributed by atoms with E-state index in [9.17, 15) is 9.59 Å². The van der Waals surface area contributed by atoms with Crippen LogP contribution in [0.25, 0.3) is 0 Å². The average molecular weight is 292 g/mol. The molecule has 21 heavy (non-hydrogen) atoms. The lowest BCUT2D eigenvalue weighted by molar-refractivity contribution is -0.149. The second kappa shape index (κ2) is 7.06. The number of carbonyl (C=O) groups is 2. The normalized spacial score (nSPS) is 18.2. The molecule has 6 heteroatoms. The molecule has 0 spiro atoms. The Morgan fingerprint density at radius 2 is 2.24 bits per heavy atom. The van der Waals surface area contributed by atoms with Gasteiger partial charge < -0.3 is 14.4 Å². The number of ether oxygens (including phenoxy) is 2. The molecule has 0 N–H and O–H groups in total. The molecule has 1 saturated heterocycles. The highest BCUT2D eigenvalue weighted by molar-refractivity contribution is 5.92. The molecule has 0 bridgehead atoms. The molecule has 0 aliphatic carbocycles. The van der Waals surface area contributed by atoms with Crippen LogP contribution in [0.2, 0.25) is 0 Å². The van der Waals surface area contributed by atoms with Crippen molar-refractivity contribution >= 4 is 11.9 Å². The van der Waals surface area contributed by atoms with Gasteiger partial charge in [0.05, 0.1) is 19.6 Å². The third-order valence-corrected chi connectivity index (χ3v) is 3.48. The van der Waals surface area contributed by atoms with Gasteiger partial charge in [-0.1, -0.05) is 6.07 Å². The first kappa shape index (κ1) is 15.3. The first-order valence-electron chi connectivity index (χ1n) is 7.12. The van der Waals surface area contributed by atoms with Crippen LogP contribution in [0, 0.1) is 5.92 Å². The summed E-state index contributed by atoms with van der Waals surface area (Å²) in [5, 5.41) is 0. The largest absolute Gasteiger partial charge is 0.481 e. The van der Waals surface area contributed by atoms with Crippen LogP contribution in [-0.2, 0) is 9.53 Å². The number of esters is 1. The highest BCUT2D eigenvalue weighted by Crippen LogP contribution is 2.20. The summed E-state index contributed by atoms with van der Waals surface area (Å²) in [6, 6.07) is 5.07. The van der Waals surface area contributed by atoms with Gasteiger partial charge in [0.25, 0.3) is 5.91 Å². The van der Waals surface area contributed by atoms with Crippen LogP contribution in [0.5, 0.6) is 5.88 Å². The highest BCUT2D eigenvalue weighted by atomic mass is 16.5. The molecule has 0 saturated carbocycles. The maximum absolute atomic E-state index is 12.4. The molecule has 1 fully saturated rings. The Hall–Kier alpha value is -2.11. The second-order valence-electron chi connectivity index (χ2n) is 4.91. The number of nitrogens with zero attached hydrogens (tertiary/aromatic N) is 2. The molecular weight excluding hydrogens is 272 g/mol. The number of hydrogen-bond acceptors (Lipinski definition) is 5. The van der Waals surface area contributed by atoms with Crippen molar-refractivity contribution in [2.75, 3.05) is 26.8 Å². The number of likely N-dealkylation sites (tertiary alicyclic amines) is 1. The van der Waals surface area contributed by atoms with E-state index < -0.39 is 0 Å². The van der Waals surface area contributed by atoms with E-state index in [1.165, 1.54) is 7.11 Å². The lowest BCUT2D eigenvalue weighted by Crippen LogP contribution is -2.43. The van der Waals surface area contributed by atoms with Gasteiger partial charge in [-0.15, -0.1) is 0 Å². The van der Waals surface area contributed by atoms with Gasteiger partial charge in [-0.2, -0.15) is 0 Å². The Labute approximate surface area is 124 Å². The quantitative estimate of drug-likeness (QED) is 0.787. The van der Waals surface area contributed by atoms with Crippen LogP contribution >= 0.6 is 0 Å². The molecule has 2 heterocycles. The Morgan fingerprint density at radius 1 is 1.43 bits per heavy atom. The minimum Gasteiger partial charge on any atom is -0.481 e. The van der Waals surface area contributed by atoms with Crippen LogP contribution in [0.1, 0.15) is 30.3 Å². The maximum Gasteiger partial charge on any atom is 0.310 e. The van der Waals surface area contributed by atoms with E-state index in [0.717, 1.165) is 12.8 Å². The molecule has 1 amide bonds. The smallest absolute Gasteiger partial charge is 0.310 e. The lowest BCUT2D eigenvalue weighted by atomic mass is 9.98. The number of amides is 1. The van der Waals surface area contributed by atoms with E-state index in [2.05, 4.69) is 4.98 Å². The molecule has 6 nitrogen and oxygen atoms in total. The predicted octanol–water partition coefficient (Wildman–Crippen LogP) is 1.51. The topological polar surface area (TPSA) is 68.7 Å². The maximum atomic E-state index is 12.4. The molecule has 114 valence electrons. The average Bonchev–Trinajstić information content (AvgIpc) is 2.54. The Kier molecular flexibility index (Phi) is 5.14. The van der Waals surface area contributed by atoms with E-state index in [1.54, 1.807) is 30.0 Å². The Bertz CT molecular complexity index is 518. The zero-order valence-corrected chi connectivity index (χ0v) is 12.4. The number of piperidine rings is 1. The number of rotatable bonds is 4. The molecule has 2 rings (SSSR count). The minimum absolute atomic E-state index is 0.178. The van der Waals surface area contributed by atoms with E-state index in [0.29, 0.717) is 31.3 Å². The van der Waals surface area contributed by atoms with Crippen molar-refractivity contribution in [3.05, 3.63) is 23.9 Å². The van der Waals surface area contributed by atoms with Crippen molar-refractivity contribution < 1.29 is 19.1 Å². The van der Waals surface area contributed by atoms with Gasteiger partial charge in [-0.05, 0) is 25.8 Å². The van der Waals surface area contributed by atoms with Crippen molar-refractivity contribution in [1.29, 1.82) is 0 Å². The minimum atomic E-state index is -0.242. The summed E-state index contributed by atoms with van der Waals surface area (Å²) in [7, 11) is 1.51. The van der Waals surface area contributed by atoms with E-state index in [1.807, 2.05) is 0 Å². The SMILES string of the molecule is CCOC(=O)C1CCCN(C(=O)c2cccc(OC)n2)C1. The zero-order chi connectivity index (χ0) is 15.2. The van der Waals surface area contributed by atoms with Crippen LogP contribution in [0.15, 0.2) is 18.2 Å². The van der Waals surface area contributed by atoms with Gasteiger partial charge in [0.2, 0.25) is 5.88 Å². The van der Waals surface area contributed by atoms with E-state index in [4.69, 9.17) is 9.47 Å². The molecule has 0 aromatic carbocycles. The van der Waals surface area contributed by atoms with E-state index >= 15 is 0 Å². The summed E-state index contributed by atoms with van der Waals surface area (Å²) in [6.07, 6.45) is 1.55. The number of aromatic nitrogens is 1. The Balaban J connectivity index is 2.06. The number of pyridine rings is 1. The summed E-state index contributed by atoms with van der Waals surface area (Å²) in [6.45, 7) is 3.16. The van der Waals surface area contributed by atoms with Crippen molar-refractivity contribution in [3.63, 3.8) is 0 Å². The van der Waals surface area contributed by atoms with Crippen LogP contribution in [0.4, 0.5) is 0 Å². The number of carbonyl (C=O) groups excluding carboxylic acids is 2. The zero-order valence-electron chi connectivity index (χ0n) is 12.4. The molecule has 1 aliphatic rings. The van der Waals surface area contributed by atoms with Crippen molar-refractivity contribution in [2.24, 2.45) is 5.92 Å². The summed E-state index contributed by atoms with van der Waals surface area (Å²) in [5.41, 5.74) is 0.332. The van der Waals surface area contributed by atoms with Gasteiger partial charge >= 0.3 is 5.97 Å². The number of methoxy groups -OCH3 is 1. The molecule has 1 aliphatic heterocycles. The van der Waals surface area contributed by atoms with Gasteiger partial charge in [0.1, 0.15) is 5.69 Å². The first-order valence-corrected chi connectivity index (χ1v) is 7.12. The van der Waals surface area contributed by atoms with Gasteiger partial charge in [-0.25, -0.2) is 4.98 Å². The van der Waals surface area contributed by atoms with Crippen LogP contribution in [0.3, 0.4) is 0 Å². The standard InChI is InChI=1S/C15H20N2O4/c1-3-21-15(19)11-6-5-9-17(10-11)14(18)12-7-4-8-13(16-12)20-2/h4,7-8,11H,3,5-6,9-10H2,1-2H3.